The highest BCUT2D eigenvalue weighted by Gasteiger charge is 2.28. The van der Waals surface area contributed by atoms with Crippen molar-refractivity contribution in [1.29, 1.82) is 0 Å². The fourth-order valence-corrected chi connectivity index (χ4v) is 4.09. The van der Waals surface area contributed by atoms with E-state index in [-0.39, 0.29) is 39.4 Å². The fourth-order valence-electron chi connectivity index (χ4n) is 3.95. The number of halogens is 2. The molecule has 0 aliphatic carbocycles. The number of fused-ring (bicyclic) bond motifs is 1. The van der Waals surface area contributed by atoms with Crippen LogP contribution < -0.4 is 21.3 Å². The van der Waals surface area contributed by atoms with E-state index >= 15 is 0 Å². The van der Waals surface area contributed by atoms with Gasteiger partial charge < -0.3 is 21.3 Å². The summed E-state index contributed by atoms with van der Waals surface area (Å²) in [6, 6.07) is 9.89. The molecule has 0 atom stereocenters. The van der Waals surface area contributed by atoms with Crippen molar-refractivity contribution in [1.82, 2.24) is 15.3 Å². The summed E-state index contributed by atoms with van der Waals surface area (Å²) in [5.74, 6) is -0.748. The van der Waals surface area contributed by atoms with Crippen molar-refractivity contribution in [2.24, 2.45) is 0 Å². The Hall–Kier alpha value is -3.72. The first kappa shape index (κ1) is 24.4. The second-order valence-corrected chi connectivity index (χ2v) is 9.26. The second kappa shape index (κ2) is 9.87. The van der Waals surface area contributed by atoms with Crippen LogP contribution in [-0.4, -0.2) is 28.3 Å². The lowest BCUT2D eigenvalue weighted by Crippen LogP contribution is -2.24. The van der Waals surface area contributed by atoms with E-state index in [9.17, 15) is 14.0 Å². The standard InChI is InChI=1S/C25H26ClFN6O2/c1-4-28-23(35)15-6-5-7-18(27)21(15)32-22-17(26)13-29-24(33-22)30-14-8-9-16-19(12-14)31-20(34)10-11-25(16,2)3/h5-9,12-13H,4,10-11H2,1-3H3,(H,28,35)(H,31,34)(H2,29,30,32,33). The number of benzene rings is 2. The zero-order chi connectivity index (χ0) is 25.2. The summed E-state index contributed by atoms with van der Waals surface area (Å²) in [6.45, 7) is 6.39. The minimum absolute atomic E-state index is 0.0315. The topological polar surface area (TPSA) is 108 Å². The molecule has 4 N–H and O–H groups in total. The Balaban J connectivity index is 1.63. The van der Waals surface area contributed by atoms with Crippen molar-refractivity contribution >= 4 is 52.2 Å². The Bertz CT molecular complexity index is 1300. The maximum atomic E-state index is 14.6. The average Bonchev–Trinajstić information content (AvgIpc) is 2.92. The summed E-state index contributed by atoms with van der Waals surface area (Å²) < 4.78 is 14.6. The molecular formula is C25H26ClFN6O2. The summed E-state index contributed by atoms with van der Waals surface area (Å²) in [7, 11) is 0. The normalized spacial score (nSPS) is 14.4. The highest BCUT2D eigenvalue weighted by molar-refractivity contribution is 6.33. The molecule has 4 rings (SSSR count). The molecule has 2 amide bonds. The third kappa shape index (κ3) is 5.35. The number of nitrogens with zero attached hydrogens (tertiary/aromatic N) is 2. The third-order valence-corrected chi connectivity index (χ3v) is 6.12. The van der Waals surface area contributed by atoms with Gasteiger partial charge in [0.05, 0.1) is 17.4 Å². The van der Waals surface area contributed by atoms with Crippen molar-refractivity contribution < 1.29 is 14.0 Å². The van der Waals surface area contributed by atoms with Gasteiger partial charge in [-0.15, -0.1) is 0 Å². The third-order valence-electron chi connectivity index (χ3n) is 5.84. The van der Waals surface area contributed by atoms with Gasteiger partial charge in [-0.25, -0.2) is 9.37 Å². The van der Waals surface area contributed by atoms with Gasteiger partial charge in [-0.1, -0.05) is 37.6 Å². The van der Waals surface area contributed by atoms with E-state index in [0.29, 0.717) is 18.7 Å². The van der Waals surface area contributed by atoms with Crippen molar-refractivity contribution in [3.8, 4) is 0 Å². The smallest absolute Gasteiger partial charge is 0.253 e. The number of hydrogen-bond donors (Lipinski definition) is 4. The minimum Gasteiger partial charge on any atom is -0.352 e. The Labute approximate surface area is 207 Å². The van der Waals surface area contributed by atoms with E-state index in [1.54, 1.807) is 6.92 Å². The lowest BCUT2D eigenvalue weighted by molar-refractivity contribution is -0.116. The molecule has 35 heavy (non-hydrogen) atoms. The molecule has 1 aliphatic heterocycles. The summed E-state index contributed by atoms with van der Waals surface area (Å²) in [4.78, 5) is 33.1. The van der Waals surface area contributed by atoms with Crippen LogP contribution in [0.4, 0.5) is 33.2 Å². The minimum atomic E-state index is -0.623. The van der Waals surface area contributed by atoms with Gasteiger partial charge in [0.15, 0.2) is 5.82 Å². The molecule has 0 spiro atoms. The van der Waals surface area contributed by atoms with Gasteiger partial charge in [0.25, 0.3) is 5.91 Å². The second-order valence-electron chi connectivity index (χ2n) is 8.85. The molecule has 3 aromatic rings. The van der Waals surface area contributed by atoms with Crippen LogP contribution in [0.15, 0.2) is 42.6 Å². The zero-order valence-electron chi connectivity index (χ0n) is 19.6. The van der Waals surface area contributed by atoms with Crippen molar-refractivity contribution in [2.75, 3.05) is 22.5 Å². The van der Waals surface area contributed by atoms with Crippen LogP contribution in [0.5, 0.6) is 0 Å². The molecule has 1 aliphatic rings. The van der Waals surface area contributed by atoms with Gasteiger partial charge in [-0.3, -0.25) is 9.59 Å². The molecule has 0 radical (unpaired) electrons. The first-order chi connectivity index (χ1) is 16.7. The lowest BCUT2D eigenvalue weighted by atomic mass is 9.80. The van der Waals surface area contributed by atoms with E-state index in [1.165, 1.54) is 24.4 Å². The van der Waals surface area contributed by atoms with E-state index in [0.717, 1.165) is 17.7 Å². The number of amides is 2. The summed E-state index contributed by atoms with van der Waals surface area (Å²) in [6.07, 6.45) is 2.58. The van der Waals surface area contributed by atoms with Crippen LogP contribution in [0.2, 0.25) is 5.02 Å². The highest BCUT2D eigenvalue weighted by Crippen LogP contribution is 2.38. The molecule has 0 bridgehead atoms. The van der Waals surface area contributed by atoms with Crippen LogP contribution in [-0.2, 0) is 10.2 Å². The highest BCUT2D eigenvalue weighted by atomic mass is 35.5. The number of anilines is 5. The van der Waals surface area contributed by atoms with Gasteiger partial charge in [0.2, 0.25) is 11.9 Å². The summed E-state index contributed by atoms with van der Waals surface area (Å²) in [5.41, 5.74) is 2.37. The molecule has 8 nitrogen and oxygen atoms in total. The van der Waals surface area contributed by atoms with E-state index in [4.69, 9.17) is 11.6 Å². The van der Waals surface area contributed by atoms with Crippen LogP contribution in [0, 0.1) is 5.82 Å². The largest absolute Gasteiger partial charge is 0.352 e. The first-order valence-electron chi connectivity index (χ1n) is 11.3. The van der Waals surface area contributed by atoms with Crippen LogP contribution in [0.3, 0.4) is 0 Å². The molecule has 182 valence electrons. The SMILES string of the molecule is CCNC(=O)c1cccc(F)c1Nc1nc(Nc2ccc3c(c2)NC(=O)CCC3(C)C)ncc1Cl. The Morgan fingerprint density at radius 3 is 2.80 bits per heavy atom. The fraction of sp³-hybridized carbons (Fsp3) is 0.280. The molecular weight excluding hydrogens is 471 g/mol. The zero-order valence-corrected chi connectivity index (χ0v) is 20.4. The maximum Gasteiger partial charge on any atom is 0.253 e. The lowest BCUT2D eigenvalue weighted by Gasteiger charge is -2.24. The number of nitrogens with one attached hydrogen (secondary N) is 4. The molecule has 2 aromatic carbocycles. The van der Waals surface area contributed by atoms with Gasteiger partial charge >= 0.3 is 0 Å². The van der Waals surface area contributed by atoms with Crippen molar-refractivity contribution in [2.45, 2.75) is 39.0 Å². The summed E-state index contributed by atoms with van der Waals surface area (Å²) >= 11 is 6.27. The first-order valence-corrected chi connectivity index (χ1v) is 11.6. The molecule has 0 fully saturated rings. The van der Waals surface area contributed by atoms with Gasteiger partial charge in [-0.2, -0.15) is 4.98 Å². The van der Waals surface area contributed by atoms with Crippen molar-refractivity contribution in [3.63, 3.8) is 0 Å². The van der Waals surface area contributed by atoms with Crippen molar-refractivity contribution in [3.05, 3.63) is 64.6 Å². The Morgan fingerprint density at radius 1 is 1.23 bits per heavy atom. The Kier molecular flexibility index (Phi) is 6.88. The maximum absolute atomic E-state index is 14.6. The monoisotopic (exact) mass is 496 g/mol. The molecule has 0 unspecified atom stereocenters. The molecule has 1 aromatic heterocycles. The predicted octanol–water partition coefficient (Wildman–Crippen LogP) is 5.52. The number of carbonyl (C=O) groups excluding carboxylic acids is 2. The number of aromatic nitrogens is 2. The molecule has 2 heterocycles. The molecule has 0 saturated carbocycles. The quantitative estimate of drug-likeness (QED) is 0.358. The average molecular weight is 497 g/mol. The van der Waals surface area contributed by atoms with E-state index in [1.807, 2.05) is 18.2 Å². The van der Waals surface area contributed by atoms with Crippen LogP contribution in [0.25, 0.3) is 0 Å². The number of rotatable bonds is 6. The van der Waals surface area contributed by atoms with E-state index in [2.05, 4.69) is 45.1 Å². The van der Waals surface area contributed by atoms with Gasteiger partial charge in [0, 0.05) is 24.3 Å². The van der Waals surface area contributed by atoms with Gasteiger partial charge in [0.1, 0.15) is 10.8 Å². The summed E-state index contributed by atoms with van der Waals surface area (Å²) in [5, 5.41) is 11.7. The molecule has 10 heteroatoms. The number of para-hydroxylation sites is 1. The van der Waals surface area contributed by atoms with Crippen LogP contribution >= 0.6 is 11.6 Å². The predicted molar refractivity (Wildman–Crippen MR) is 135 cm³/mol. The van der Waals surface area contributed by atoms with E-state index < -0.39 is 11.7 Å². The molecule has 0 saturated heterocycles. The Morgan fingerprint density at radius 2 is 2.03 bits per heavy atom. The number of hydrogen-bond acceptors (Lipinski definition) is 6. The van der Waals surface area contributed by atoms with Gasteiger partial charge in [-0.05, 0) is 48.6 Å². The number of carbonyl (C=O) groups is 2. The van der Waals surface area contributed by atoms with Crippen LogP contribution in [0.1, 0.15) is 49.5 Å².